The second-order valence-corrected chi connectivity index (χ2v) is 7.71. The Morgan fingerprint density at radius 2 is 1.65 bits per heavy atom. The third kappa shape index (κ3) is 4.33. The highest BCUT2D eigenvalue weighted by Crippen LogP contribution is 2.34. The number of urea groups is 1. The van der Waals surface area contributed by atoms with Crippen LogP contribution in [-0.4, -0.2) is 32.8 Å². The fourth-order valence-electron chi connectivity index (χ4n) is 3.42. The molecule has 0 saturated carbocycles. The third-order valence-corrected chi connectivity index (χ3v) is 5.46. The SMILES string of the molecule is Cc1nn(-c2ccc(Oc3ccc(NC(=O)Nc4ccc5c(c4)OCO5)cc3)nn2)c(C)c1C. The molecule has 34 heavy (non-hydrogen) atoms. The maximum absolute atomic E-state index is 12.3. The Labute approximate surface area is 195 Å². The first kappa shape index (κ1) is 21.3. The van der Waals surface area contributed by atoms with Gasteiger partial charge in [0.1, 0.15) is 5.75 Å². The first-order chi connectivity index (χ1) is 16.5. The van der Waals surface area contributed by atoms with Crippen LogP contribution in [0.5, 0.6) is 23.1 Å². The molecule has 0 unspecified atom stereocenters. The maximum Gasteiger partial charge on any atom is 0.323 e. The molecule has 2 aromatic heterocycles. The third-order valence-electron chi connectivity index (χ3n) is 5.46. The van der Waals surface area contributed by atoms with E-state index in [1.165, 1.54) is 0 Å². The minimum Gasteiger partial charge on any atom is -0.454 e. The zero-order valence-electron chi connectivity index (χ0n) is 18.8. The molecule has 0 saturated heterocycles. The lowest BCUT2D eigenvalue weighted by atomic mass is 10.2. The molecule has 0 radical (unpaired) electrons. The first-order valence-electron chi connectivity index (χ1n) is 10.6. The number of amides is 2. The van der Waals surface area contributed by atoms with E-state index < -0.39 is 0 Å². The van der Waals surface area contributed by atoms with Crippen molar-refractivity contribution in [2.24, 2.45) is 0 Å². The Bertz CT molecular complexity index is 1350. The van der Waals surface area contributed by atoms with Crippen LogP contribution in [0, 0.1) is 20.8 Å². The van der Waals surface area contributed by atoms with E-state index in [0.29, 0.717) is 40.3 Å². The molecule has 2 N–H and O–H groups in total. The highest BCUT2D eigenvalue weighted by atomic mass is 16.7. The van der Waals surface area contributed by atoms with Gasteiger partial charge in [0.15, 0.2) is 17.3 Å². The monoisotopic (exact) mass is 458 g/mol. The Hall–Kier alpha value is -4.60. The van der Waals surface area contributed by atoms with E-state index in [0.717, 1.165) is 17.0 Å². The fraction of sp³-hybridized carbons (Fsp3) is 0.167. The minimum atomic E-state index is -0.381. The Kier molecular flexibility index (Phi) is 5.46. The van der Waals surface area contributed by atoms with Crippen molar-refractivity contribution in [2.75, 3.05) is 17.4 Å². The van der Waals surface area contributed by atoms with E-state index in [1.54, 1.807) is 59.3 Å². The molecule has 10 nitrogen and oxygen atoms in total. The maximum atomic E-state index is 12.3. The average Bonchev–Trinajstić information content (AvgIpc) is 3.40. The predicted octanol–water partition coefficient (Wildman–Crippen LogP) is 4.75. The van der Waals surface area contributed by atoms with Gasteiger partial charge in [-0.15, -0.1) is 10.2 Å². The molecule has 0 atom stereocenters. The zero-order valence-corrected chi connectivity index (χ0v) is 18.8. The van der Waals surface area contributed by atoms with E-state index in [1.807, 2.05) is 20.8 Å². The van der Waals surface area contributed by atoms with Gasteiger partial charge in [-0.1, -0.05) is 0 Å². The molecule has 3 heterocycles. The summed E-state index contributed by atoms with van der Waals surface area (Å²) in [7, 11) is 0. The molecule has 0 fully saturated rings. The van der Waals surface area contributed by atoms with Crippen molar-refractivity contribution < 1.29 is 19.0 Å². The average molecular weight is 458 g/mol. The summed E-state index contributed by atoms with van der Waals surface area (Å²) in [6.07, 6.45) is 0. The van der Waals surface area contributed by atoms with Crippen molar-refractivity contribution in [3.63, 3.8) is 0 Å². The molecule has 0 bridgehead atoms. The van der Waals surface area contributed by atoms with Crippen molar-refractivity contribution >= 4 is 17.4 Å². The summed E-state index contributed by atoms with van der Waals surface area (Å²) in [5.41, 5.74) is 4.30. The highest BCUT2D eigenvalue weighted by molar-refractivity contribution is 6.00. The molecule has 4 aromatic rings. The molecule has 10 heteroatoms. The van der Waals surface area contributed by atoms with E-state index in [9.17, 15) is 4.79 Å². The number of hydrogen-bond acceptors (Lipinski definition) is 7. The van der Waals surface area contributed by atoms with Gasteiger partial charge in [-0.3, -0.25) is 0 Å². The number of carbonyl (C=O) groups is 1. The lowest BCUT2D eigenvalue weighted by molar-refractivity contribution is 0.174. The summed E-state index contributed by atoms with van der Waals surface area (Å²) >= 11 is 0. The van der Waals surface area contributed by atoms with Crippen molar-refractivity contribution in [1.29, 1.82) is 0 Å². The zero-order chi connectivity index (χ0) is 23.7. The van der Waals surface area contributed by atoms with Crippen molar-refractivity contribution in [2.45, 2.75) is 20.8 Å². The summed E-state index contributed by atoms with van der Waals surface area (Å²) < 4.78 is 18.1. The summed E-state index contributed by atoms with van der Waals surface area (Å²) in [6, 6.07) is 15.3. The lowest BCUT2D eigenvalue weighted by Gasteiger charge is -2.09. The van der Waals surface area contributed by atoms with E-state index in [-0.39, 0.29) is 12.8 Å². The van der Waals surface area contributed by atoms with Gasteiger partial charge in [-0.2, -0.15) is 5.10 Å². The number of rotatable bonds is 5. The second kappa shape index (κ2) is 8.74. The number of nitrogens with zero attached hydrogens (tertiary/aromatic N) is 4. The van der Waals surface area contributed by atoms with E-state index in [4.69, 9.17) is 14.2 Å². The van der Waals surface area contributed by atoms with Gasteiger partial charge in [0, 0.05) is 29.2 Å². The quantitative estimate of drug-likeness (QED) is 0.444. The van der Waals surface area contributed by atoms with E-state index in [2.05, 4.69) is 25.9 Å². The minimum absolute atomic E-state index is 0.179. The number of nitrogens with one attached hydrogen (secondary N) is 2. The van der Waals surface area contributed by atoms with Crippen molar-refractivity contribution in [3.05, 3.63) is 71.5 Å². The highest BCUT2D eigenvalue weighted by Gasteiger charge is 2.14. The molecule has 2 aromatic carbocycles. The number of ether oxygens (including phenoxy) is 3. The molecular formula is C24H22N6O4. The Balaban J connectivity index is 1.19. The standard InChI is InChI=1S/C24H22N6O4/c1-14-15(2)29-30(16(14)3)22-10-11-23(28-27-22)34-19-7-4-17(5-8-19)25-24(31)26-18-6-9-20-21(12-18)33-13-32-20/h4-12H,13H2,1-3H3,(H2,25,26,31). The van der Waals surface area contributed by atoms with Gasteiger partial charge in [0.2, 0.25) is 12.7 Å². The van der Waals surface area contributed by atoms with Gasteiger partial charge in [-0.05, 0) is 68.8 Å². The normalized spacial score (nSPS) is 11.9. The molecular weight excluding hydrogens is 436 g/mol. The molecule has 1 aliphatic rings. The van der Waals surface area contributed by atoms with E-state index >= 15 is 0 Å². The van der Waals surface area contributed by atoms with Crippen LogP contribution < -0.4 is 24.8 Å². The van der Waals surface area contributed by atoms with Crippen LogP contribution in [0.4, 0.5) is 16.2 Å². The topological polar surface area (TPSA) is 112 Å². The largest absolute Gasteiger partial charge is 0.454 e. The lowest BCUT2D eigenvalue weighted by Crippen LogP contribution is -2.19. The molecule has 5 rings (SSSR count). The molecule has 1 aliphatic heterocycles. The number of carbonyl (C=O) groups excluding carboxylic acids is 1. The van der Waals surface area contributed by atoms with Crippen molar-refractivity contribution in [3.8, 4) is 28.9 Å². The Morgan fingerprint density at radius 3 is 2.35 bits per heavy atom. The van der Waals surface area contributed by atoms with Crippen LogP contribution in [0.25, 0.3) is 5.82 Å². The Morgan fingerprint density at radius 1 is 0.912 bits per heavy atom. The fourth-order valence-corrected chi connectivity index (χ4v) is 3.42. The van der Waals surface area contributed by atoms with Gasteiger partial charge < -0.3 is 24.8 Å². The molecule has 172 valence electrons. The summed E-state index contributed by atoms with van der Waals surface area (Å²) in [5.74, 6) is 2.78. The van der Waals surface area contributed by atoms with Gasteiger partial charge in [0.25, 0.3) is 0 Å². The van der Waals surface area contributed by atoms with Crippen LogP contribution >= 0.6 is 0 Å². The number of benzene rings is 2. The summed E-state index contributed by atoms with van der Waals surface area (Å²) in [6.45, 7) is 6.16. The van der Waals surface area contributed by atoms with Crippen LogP contribution in [0.1, 0.15) is 17.0 Å². The summed E-state index contributed by atoms with van der Waals surface area (Å²) in [5, 5.41) is 18.4. The number of aryl methyl sites for hydroxylation is 1. The molecule has 0 aliphatic carbocycles. The predicted molar refractivity (Wildman–Crippen MR) is 125 cm³/mol. The van der Waals surface area contributed by atoms with Crippen LogP contribution in [0.3, 0.4) is 0 Å². The van der Waals surface area contributed by atoms with Crippen LogP contribution in [0.15, 0.2) is 54.6 Å². The van der Waals surface area contributed by atoms with Gasteiger partial charge >= 0.3 is 6.03 Å². The second-order valence-electron chi connectivity index (χ2n) is 7.71. The van der Waals surface area contributed by atoms with Crippen molar-refractivity contribution in [1.82, 2.24) is 20.0 Å². The number of hydrogen-bond donors (Lipinski definition) is 2. The number of fused-ring (bicyclic) bond motifs is 1. The number of anilines is 2. The van der Waals surface area contributed by atoms with Crippen LogP contribution in [0.2, 0.25) is 0 Å². The summed E-state index contributed by atoms with van der Waals surface area (Å²) in [4.78, 5) is 12.3. The smallest absolute Gasteiger partial charge is 0.323 e. The van der Waals surface area contributed by atoms with Gasteiger partial charge in [-0.25, -0.2) is 9.48 Å². The number of aromatic nitrogens is 4. The van der Waals surface area contributed by atoms with Crippen LogP contribution in [-0.2, 0) is 0 Å². The molecule has 0 spiro atoms. The first-order valence-corrected chi connectivity index (χ1v) is 10.6. The van der Waals surface area contributed by atoms with Gasteiger partial charge in [0.05, 0.1) is 5.69 Å². The molecule has 2 amide bonds.